The van der Waals surface area contributed by atoms with Gasteiger partial charge in [-0.05, 0) is 57.2 Å². The predicted molar refractivity (Wildman–Crippen MR) is 76.7 cm³/mol. The molecule has 1 aromatic heterocycles. The van der Waals surface area contributed by atoms with Crippen molar-refractivity contribution in [3.05, 3.63) is 41.4 Å². The lowest BCUT2D eigenvalue weighted by Gasteiger charge is -2.12. The lowest BCUT2D eigenvalue weighted by Crippen LogP contribution is -2.22. The van der Waals surface area contributed by atoms with Crippen LogP contribution in [-0.4, -0.2) is 12.5 Å². The van der Waals surface area contributed by atoms with Gasteiger partial charge in [-0.2, -0.15) is 0 Å². The molecule has 3 nitrogen and oxygen atoms in total. The molecule has 0 atom stereocenters. The summed E-state index contributed by atoms with van der Waals surface area (Å²) in [5, 5.41) is 2.90. The molecule has 2 rings (SSSR count). The number of aryl methyl sites for hydroxylation is 1. The van der Waals surface area contributed by atoms with Crippen LogP contribution in [0.4, 0.5) is 0 Å². The Bertz CT molecular complexity index is 483. The number of amides is 1. The topological polar surface area (TPSA) is 42.2 Å². The van der Waals surface area contributed by atoms with Gasteiger partial charge in [-0.25, -0.2) is 0 Å². The van der Waals surface area contributed by atoms with E-state index in [1.54, 1.807) is 6.08 Å². The van der Waals surface area contributed by atoms with Crippen LogP contribution >= 0.6 is 0 Å². The molecule has 0 saturated carbocycles. The highest BCUT2D eigenvalue weighted by Gasteiger charge is 2.03. The lowest BCUT2D eigenvalue weighted by molar-refractivity contribution is -0.116. The normalized spacial score (nSPS) is 15.5. The molecule has 0 saturated heterocycles. The van der Waals surface area contributed by atoms with Gasteiger partial charge in [0.25, 0.3) is 0 Å². The summed E-state index contributed by atoms with van der Waals surface area (Å²) in [6.45, 7) is 2.60. The quantitative estimate of drug-likeness (QED) is 0.648. The Labute approximate surface area is 114 Å². The molecule has 1 amide bonds. The molecule has 0 aliphatic heterocycles. The van der Waals surface area contributed by atoms with Gasteiger partial charge in [-0.3, -0.25) is 4.79 Å². The van der Waals surface area contributed by atoms with E-state index in [1.807, 2.05) is 19.1 Å². The van der Waals surface area contributed by atoms with Gasteiger partial charge in [0.2, 0.25) is 5.91 Å². The third-order valence-corrected chi connectivity index (χ3v) is 3.29. The molecule has 1 N–H and O–H groups in total. The monoisotopic (exact) mass is 259 g/mol. The minimum Gasteiger partial charge on any atom is -0.462 e. The van der Waals surface area contributed by atoms with Crippen molar-refractivity contribution in [2.24, 2.45) is 0 Å². The van der Waals surface area contributed by atoms with Crippen molar-refractivity contribution in [2.75, 3.05) is 6.54 Å². The molecule has 1 heterocycles. The summed E-state index contributed by atoms with van der Waals surface area (Å²) in [6, 6.07) is 3.74. The number of allylic oxidation sites excluding steroid dienone is 1. The van der Waals surface area contributed by atoms with E-state index in [1.165, 1.54) is 37.3 Å². The van der Waals surface area contributed by atoms with Crippen LogP contribution in [0.2, 0.25) is 0 Å². The molecular weight excluding hydrogens is 238 g/mol. The first-order valence-electron chi connectivity index (χ1n) is 6.94. The first-order valence-corrected chi connectivity index (χ1v) is 6.94. The highest BCUT2D eigenvalue weighted by Crippen LogP contribution is 2.19. The number of carbonyl (C=O) groups excluding carboxylic acids is 1. The summed E-state index contributed by atoms with van der Waals surface area (Å²) < 4.78 is 5.36. The van der Waals surface area contributed by atoms with Crippen LogP contribution in [0.3, 0.4) is 0 Å². The van der Waals surface area contributed by atoms with Gasteiger partial charge in [0.1, 0.15) is 11.5 Å². The van der Waals surface area contributed by atoms with Crippen LogP contribution in [0.1, 0.15) is 43.6 Å². The molecule has 0 aromatic carbocycles. The van der Waals surface area contributed by atoms with E-state index in [4.69, 9.17) is 4.42 Å². The number of hydrogen-bond donors (Lipinski definition) is 1. The molecular formula is C16H21NO2. The van der Waals surface area contributed by atoms with Crippen molar-refractivity contribution >= 4 is 12.0 Å². The van der Waals surface area contributed by atoms with Gasteiger partial charge in [0.15, 0.2) is 0 Å². The summed E-state index contributed by atoms with van der Waals surface area (Å²) in [4.78, 5) is 11.6. The van der Waals surface area contributed by atoms with E-state index >= 15 is 0 Å². The van der Waals surface area contributed by atoms with E-state index in [2.05, 4.69) is 11.4 Å². The number of hydrogen-bond acceptors (Lipinski definition) is 2. The van der Waals surface area contributed by atoms with Gasteiger partial charge < -0.3 is 9.73 Å². The average Bonchev–Trinajstić information content (AvgIpc) is 2.83. The number of carbonyl (C=O) groups is 1. The van der Waals surface area contributed by atoms with Gasteiger partial charge >= 0.3 is 0 Å². The lowest BCUT2D eigenvalue weighted by atomic mass is 9.97. The largest absolute Gasteiger partial charge is 0.462 e. The molecule has 0 bridgehead atoms. The van der Waals surface area contributed by atoms with Crippen LogP contribution < -0.4 is 5.32 Å². The molecule has 0 fully saturated rings. The number of nitrogens with one attached hydrogen (secondary N) is 1. The molecule has 1 aliphatic carbocycles. The van der Waals surface area contributed by atoms with Crippen LogP contribution in [0.15, 0.2) is 34.3 Å². The standard InChI is InChI=1S/C16H21NO2/c1-13-7-8-15(19-13)9-10-16(18)17-12-11-14-5-3-2-4-6-14/h5,7-10H,2-4,6,11-12H2,1H3,(H,17,18). The SMILES string of the molecule is Cc1ccc(C=CC(=O)NCCC2=CCCCC2)o1. The van der Waals surface area contributed by atoms with Crippen molar-refractivity contribution in [3.63, 3.8) is 0 Å². The van der Waals surface area contributed by atoms with Gasteiger partial charge in [0, 0.05) is 12.6 Å². The Kier molecular flexibility index (Phi) is 5.01. The van der Waals surface area contributed by atoms with E-state index < -0.39 is 0 Å². The van der Waals surface area contributed by atoms with E-state index in [-0.39, 0.29) is 5.91 Å². The summed E-state index contributed by atoms with van der Waals surface area (Å²) in [5.41, 5.74) is 1.48. The second-order valence-electron chi connectivity index (χ2n) is 4.93. The Morgan fingerprint density at radius 1 is 1.42 bits per heavy atom. The zero-order valence-electron chi connectivity index (χ0n) is 11.4. The maximum absolute atomic E-state index is 11.6. The zero-order valence-corrected chi connectivity index (χ0v) is 11.4. The fraction of sp³-hybridized carbons (Fsp3) is 0.438. The molecule has 0 spiro atoms. The third-order valence-electron chi connectivity index (χ3n) is 3.29. The van der Waals surface area contributed by atoms with E-state index in [9.17, 15) is 4.79 Å². The number of rotatable bonds is 5. The third kappa shape index (κ3) is 4.78. The Morgan fingerprint density at radius 3 is 3.00 bits per heavy atom. The average molecular weight is 259 g/mol. The maximum Gasteiger partial charge on any atom is 0.244 e. The summed E-state index contributed by atoms with van der Waals surface area (Å²) in [6.07, 6.45) is 11.5. The van der Waals surface area contributed by atoms with Crippen LogP contribution in [0.25, 0.3) is 6.08 Å². The fourth-order valence-corrected chi connectivity index (χ4v) is 2.24. The zero-order chi connectivity index (χ0) is 13.5. The highest BCUT2D eigenvalue weighted by molar-refractivity contribution is 5.91. The predicted octanol–water partition coefficient (Wildman–Crippen LogP) is 3.61. The van der Waals surface area contributed by atoms with Gasteiger partial charge in [0.05, 0.1) is 0 Å². The van der Waals surface area contributed by atoms with Crippen molar-refractivity contribution in [1.82, 2.24) is 5.32 Å². The second kappa shape index (κ2) is 6.98. The molecule has 102 valence electrons. The maximum atomic E-state index is 11.6. The fourth-order valence-electron chi connectivity index (χ4n) is 2.24. The molecule has 0 unspecified atom stereocenters. The highest BCUT2D eigenvalue weighted by atomic mass is 16.3. The van der Waals surface area contributed by atoms with Gasteiger partial charge in [-0.1, -0.05) is 11.6 Å². The Balaban J connectivity index is 1.69. The molecule has 0 radical (unpaired) electrons. The van der Waals surface area contributed by atoms with E-state index in [0.717, 1.165) is 12.2 Å². The summed E-state index contributed by atoms with van der Waals surface area (Å²) in [7, 11) is 0. The minimum absolute atomic E-state index is 0.0644. The summed E-state index contributed by atoms with van der Waals surface area (Å²) in [5.74, 6) is 1.50. The molecule has 1 aromatic rings. The molecule has 3 heteroatoms. The second-order valence-corrected chi connectivity index (χ2v) is 4.93. The summed E-state index contributed by atoms with van der Waals surface area (Å²) >= 11 is 0. The molecule has 1 aliphatic rings. The van der Waals surface area contributed by atoms with Crippen LogP contribution in [-0.2, 0) is 4.79 Å². The first-order chi connectivity index (χ1) is 9.24. The number of furan rings is 1. The Morgan fingerprint density at radius 2 is 2.32 bits per heavy atom. The minimum atomic E-state index is -0.0644. The van der Waals surface area contributed by atoms with Gasteiger partial charge in [-0.15, -0.1) is 0 Å². The van der Waals surface area contributed by atoms with Crippen molar-refractivity contribution < 1.29 is 9.21 Å². The first kappa shape index (κ1) is 13.7. The van der Waals surface area contributed by atoms with Crippen molar-refractivity contribution in [2.45, 2.75) is 39.0 Å². The molecule has 19 heavy (non-hydrogen) atoms. The van der Waals surface area contributed by atoms with Crippen molar-refractivity contribution in [3.8, 4) is 0 Å². The van der Waals surface area contributed by atoms with Crippen LogP contribution in [0, 0.1) is 6.92 Å². The van der Waals surface area contributed by atoms with Crippen molar-refractivity contribution in [1.29, 1.82) is 0 Å². The smallest absolute Gasteiger partial charge is 0.244 e. The van der Waals surface area contributed by atoms with Crippen LogP contribution in [0.5, 0.6) is 0 Å². The van der Waals surface area contributed by atoms with E-state index in [0.29, 0.717) is 12.3 Å². The Hall–Kier alpha value is -1.77.